The summed E-state index contributed by atoms with van der Waals surface area (Å²) in [5.74, 6) is 4.05. The van der Waals surface area contributed by atoms with Crippen LogP contribution in [0.25, 0.3) is 0 Å². The summed E-state index contributed by atoms with van der Waals surface area (Å²) in [6, 6.07) is 13.5. The number of esters is 1. The average Bonchev–Trinajstić information content (AvgIpc) is 2.52. The van der Waals surface area contributed by atoms with Gasteiger partial charge in [0.2, 0.25) is 0 Å². The molecule has 0 aliphatic carbocycles. The Morgan fingerprint density at radius 3 is 2.19 bits per heavy atom. The highest BCUT2D eigenvalue weighted by molar-refractivity contribution is 5.95. The number of carbonyl (C=O) groups excluding carboxylic acids is 1. The van der Waals surface area contributed by atoms with Crippen LogP contribution in [0.5, 0.6) is 0 Å². The second-order valence-electron chi connectivity index (χ2n) is 4.21. The highest BCUT2D eigenvalue weighted by Gasteiger charge is 2.11. The van der Waals surface area contributed by atoms with E-state index in [2.05, 4.69) is 16.6 Å². The molecule has 0 aromatic heterocycles. The molecule has 4 nitrogen and oxygen atoms in total. The Morgan fingerprint density at radius 2 is 1.57 bits per heavy atom. The third kappa shape index (κ3) is 3.71. The van der Waals surface area contributed by atoms with Crippen molar-refractivity contribution in [2.24, 2.45) is 0 Å². The van der Waals surface area contributed by atoms with Crippen LogP contribution in [0.2, 0.25) is 0 Å². The maximum atomic E-state index is 11.6. The van der Waals surface area contributed by atoms with Crippen molar-refractivity contribution in [3.8, 4) is 11.8 Å². The molecule has 1 N–H and O–H groups in total. The number of carbonyl (C=O) groups is 2. The van der Waals surface area contributed by atoms with Gasteiger partial charge in [0.15, 0.2) is 0 Å². The van der Waals surface area contributed by atoms with E-state index in [-0.39, 0.29) is 11.1 Å². The van der Waals surface area contributed by atoms with E-state index < -0.39 is 11.9 Å². The van der Waals surface area contributed by atoms with Gasteiger partial charge in [-0.05, 0) is 30.3 Å². The molecular formula is C17H12O4. The highest BCUT2D eigenvalue weighted by Crippen LogP contribution is 2.11. The van der Waals surface area contributed by atoms with Crippen LogP contribution in [0.3, 0.4) is 0 Å². The standard InChI is InChI=1S/C17H12O4/c1-21-17(20)15-10-13(9-14(11-15)16(18)19)8-7-12-5-3-2-4-6-12/h2-6,9-11H,1H3,(H,18,19). The third-order valence-corrected chi connectivity index (χ3v) is 2.73. The number of hydrogen-bond donors (Lipinski definition) is 1. The molecule has 2 aromatic carbocycles. The maximum absolute atomic E-state index is 11.6. The number of aromatic carboxylic acids is 1. The lowest BCUT2D eigenvalue weighted by Crippen LogP contribution is -2.05. The molecule has 0 atom stereocenters. The first-order valence-corrected chi connectivity index (χ1v) is 6.14. The van der Waals surface area contributed by atoms with Crippen molar-refractivity contribution >= 4 is 11.9 Å². The van der Waals surface area contributed by atoms with Crippen molar-refractivity contribution in [3.05, 3.63) is 70.8 Å². The monoisotopic (exact) mass is 280 g/mol. The van der Waals surface area contributed by atoms with Crippen LogP contribution in [0.15, 0.2) is 48.5 Å². The van der Waals surface area contributed by atoms with Gasteiger partial charge in [-0.25, -0.2) is 9.59 Å². The van der Waals surface area contributed by atoms with Crippen molar-refractivity contribution in [1.82, 2.24) is 0 Å². The summed E-state index contributed by atoms with van der Waals surface area (Å²) >= 11 is 0. The van der Waals surface area contributed by atoms with E-state index in [1.807, 2.05) is 30.3 Å². The summed E-state index contributed by atoms with van der Waals surface area (Å²) in [7, 11) is 1.24. The Hall–Kier alpha value is -3.06. The normalized spacial score (nSPS) is 9.38. The van der Waals surface area contributed by atoms with Crippen LogP contribution in [0.1, 0.15) is 31.8 Å². The first-order chi connectivity index (χ1) is 10.1. The lowest BCUT2D eigenvalue weighted by atomic mass is 10.1. The summed E-state index contributed by atoms with van der Waals surface area (Å²) in [4.78, 5) is 22.6. The lowest BCUT2D eigenvalue weighted by Gasteiger charge is -2.02. The molecule has 0 bridgehead atoms. The van der Waals surface area contributed by atoms with Crippen molar-refractivity contribution in [2.75, 3.05) is 7.11 Å². The van der Waals surface area contributed by atoms with E-state index in [1.54, 1.807) is 0 Å². The molecule has 21 heavy (non-hydrogen) atoms. The number of rotatable bonds is 2. The Labute approximate surface area is 122 Å². The number of benzene rings is 2. The predicted octanol–water partition coefficient (Wildman–Crippen LogP) is 2.57. The van der Waals surface area contributed by atoms with E-state index in [1.165, 1.54) is 25.3 Å². The minimum Gasteiger partial charge on any atom is -0.478 e. The van der Waals surface area contributed by atoms with Crippen LogP contribution in [-0.4, -0.2) is 24.2 Å². The number of carboxylic acid groups (broad SMARTS) is 1. The molecule has 104 valence electrons. The molecule has 0 radical (unpaired) electrons. The lowest BCUT2D eigenvalue weighted by molar-refractivity contribution is 0.0600. The van der Waals surface area contributed by atoms with Gasteiger partial charge in [0, 0.05) is 11.1 Å². The topological polar surface area (TPSA) is 63.6 Å². The first kappa shape index (κ1) is 14.4. The van der Waals surface area contributed by atoms with E-state index in [9.17, 15) is 9.59 Å². The summed E-state index contributed by atoms with van der Waals surface area (Å²) in [6.07, 6.45) is 0. The second-order valence-corrected chi connectivity index (χ2v) is 4.21. The Bertz CT molecular complexity index is 736. The SMILES string of the molecule is COC(=O)c1cc(C#Cc2ccccc2)cc(C(=O)O)c1. The average molecular weight is 280 g/mol. The molecule has 0 aliphatic heterocycles. The zero-order valence-electron chi connectivity index (χ0n) is 11.3. The number of methoxy groups -OCH3 is 1. The van der Waals surface area contributed by atoms with E-state index in [4.69, 9.17) is 5.11 Å². The fraction of sp³-hybridized carbons (Fsp3) is 0.0588. The number of ether oxygens (including phenoxy) is 1. The minimum atomic E-state index is -1.12. The van der Waals surface area contributed by atoms with Gasteiger partial charge >= 0.3 is 11.9 Å². The molecule has 0 spiro atoms. The largest absolute Gasteiger partial charge is 0.478 e. The van der Waals surface area contributed by atoms with E-state index in [0.29, 0.717) is 5.56 Å². The molecule has 0 fully saturated rings. The van der Waals surface area contributed by atoms with Gasteiger partial charge in [-0.3, -0.25) is 0 Å². The van der Waals surface area contributed by atoms with Crippen molar-refractivity contribution in [1.29, 1.82) is 0 Å². The molecule has 2 aromatic rings. The van der Waals surface area contributed by atoms with Gasteiger partial charge in [0.05, 0.1) is 18.2 Å². The van der Waals surface area contributed by atoms with Gasteiger partial charge in [0.25, 0.3) is 0 Å². The molecule has 0 heterocycles. The molecular weight excluding hydrogens is 268 g/mol. The highest BCUT2D eigenvalue weighted by atomic mass is 16.5. The molecule has 0 saturated heterocycles. The summed E-state index contributed by atoms with van der Waals surface area (Å²) in [6.45, 7) is 0. The zero-order valence-corrected chi connectivity index (χ0v) is 11.3. The Morgan fingerprint density at radius 1 is 0.952 bits per heavy atom. The Balaban J connectivity index is 2.44. The summed E-state index contributed by atoms with van der Waals surface area (Å²) < 4.78 is 4.61. The first-order valence-electron chi connectivity index (χ1n) is 6.14. The van der Waals surface area contributed by atoms with Gasteiger partial charge in [-0.1, -0.05) is 30.0 Å². The van der Waals surface area contributed by atoms with Crippen LogP contribution in [0, 0.1) is 11.8 Å². The van der Waals surface area contributed by atoms with E-state index >= 15 is 0 Å². The smallest absolute Gasteiger partial charge is 0.337 e. The van der Waals surface area contributed by atoms with Gasteiger partial charge in [0.1, 0.15) is 0 Å². The molecule has 0 saturated carbocycles. The van der Waals surface area contributed by atoms with E-state index in [0.717, 1.165) is 5.56 Å². The third-order valence-electron chi connectivity index (χ3n) is 2.73. The molecule has 0 unspecified atom stereocenters. The fourth-order valence-electron chi connectivity index (χ4n) is 1.72. The molecule has 2 rings (SSSR count). The predicted molar refractivity (Wildman–Crippen MR) is 77.2 cm³/mol. The molecule has 4 heteroatoms. The van der Waals surface area contributed by atoms with Crippen LogP contribution >= 0.6 is 0 Å². The minimum absolute atomic E-state index is 0.00439. The quantitative estimate of drug-likeness (QED) is 0.678. The van der Waals surface area contributed by atoms with Crippen molar-refractivity contribution in [3.63, 3.8) is 0 Å². The Kier molecular flexibility index (Phi) is 4.37. The molecule has 0 amide bonds. The van der Waals surface area contributed by atoms with Crippen molar-refractivity contribution in [2.45, 2.75) is 0 Å². The fourth-order valence-corrected chi connectivity index (χ4v) is 1.72. The summed E-state index contributed by atoms with van der Waals surface area (Å²) in [5.41, 5.74) is 1.40. The number of carboxylic acids is 1. The second kappa shape index (κ2) is 6.40. The summed E-state index contributed by atoms with van der Waals surface area (Å²) in [5, 5.41) is 9.07. The van der Waals surface area contributed by atoms with Gasteiger partial charge in [-0.2, -0.15) is 0 Å². The maximum Gasteiger partial charge on any atom is 0.337 e. The molecule has 0 aliphatic rings. The van der Waals surface area contributed by atoms with Gasteiger partial charge in [-0.15, -0.1) is 0 Å². The van der Waals surface area contributed by atoms with Crippen LogP contribution in [0.4, 0.5) is 0 Å². The van der Waals surface area contributed by atoms with Crippen LogP contribution < -0.4 is 0 Å². The number of hydrogen-bond acceptors (Lipinski definition) is 3. The van der Waals surface area contributed by atoms with Crippen LogP contribution in [-0.2, 0) is 4.74 Å². The van der Waals surface area contributed by atoms with Crippen molar-refractivity contribution < 1.29 is 19.4 Å². The zero-order chi connectivity index (χ0) is 15.2. The van der Waals surface area contributed by atoms with Gasteiger partial charge < -0.3 is 9.84 Å².